The molecule has 150 valence electrons. The number of fused-ring (bicyclic) bond motifs is 1. The summed E-state index contributed by atoms with van der Waals surface area (Å²) < 4.78 is 6.30. The molecule has 5 nitrogen and oxygen atoms in total. The van der Waals surface area contributed by atoms with E-state index in [-0.39, 0.29) is 5.91 Å². The van der Waals surface area contributed by atoms with Gasteiger partial charge in [0.2, 0.25) is 0 Å². The molecule has 2 heterocycles. The Balaban J connectivity index is 1.72. The third kappa shape index (κ3) is 4.30. The molecule has 0 unspecified atom stereocenters. The van der Waals surface area contributed by atoms with Crippen molar-refractivity contribution in [1.82, 2.24) is 15.3 Å². The molecular weight excluding hydrogens is 466 g/mol. The summed E-state index contributed by atoms with van der Waals surface area (Å²) in [7, 11) is 1.60. The lowest BCUT2D eigenvalue weighted by Crippen LogP contribution is -2.23. The zero-order valence-corrected chi connectivity index (χ0v) is 18.4. The van der Waals surface area contributed by atoms with Crippen LogP contribution in [0.1, 0.15) is 15.9 Å². The summed E-state index contributed by atoms with van der Waals surface area (Å²) in [6.45, 7) is 0.314. The maximum absolute atomic E-state index is 13.2. The molecule has 4 rings (SSSR count). The maximum atomic E-state index is 13.2. The fourth-order valence-electron chi connectivity index (χ4n) is 3.20. The van der Waals surface area contributed by atoms with Gasteiger partial charge in [0.25, 0.3) is 5.91 Å². The van der Waals surface area contributed by atoms with Crippen molar-refractivity contribution in [3.05, 3.63) is 87.6 Å². The van der Waals surface area contributed by atoms with Crippen molar-refractivity contribution in [1.29, 1.82) is 0 Å². The summed E-state index contributed by atoms with van der Waals surface area (Å²) in [5.74, 6) is 0.481. The number of methoxy groups -OCH3 is 1. The van der Waals surface area contributed by atoms with Gasteiger partial charge in [-0.25, -0.2) is 4.98 Å². The largest absolute Gasteiger partial charge is 0.496 e. The molecule has 0 bridgehead atoms. The van der Waals surface area contributed by atoms with Crippen LogP contribution in [-0.2, 0) is 6.54 Å². The highest BCUT2D eigenvalue weighted by Crippen LogP contribution is 2.27. The molecule has 7 heteroatoms. The average Bonchev–Trinajstić information content (AvgIpc) is 2.77. The lowest BCUT2D eigenvalue weighted by molar-refractivity contribution is 0.0952. The number of nitrogens with one attached hydrogen (secondary N) is 1. The van der Waals surface area contributed by atoms with Gasteiger partial charge in [-0.05, 0) is 54.6 Å². The van der Waals surface area contributed by atoms with E-state index in [2.05, 4.69) is 31.2 Å². The van der Waals surface area contributed by atoms with Gasteiger partial charge in [0.15, 0.2) is 0 Å². The lowest BCUT2D eigenvalue weighted by Gasteiger charge is -2.13. The molecule has 1 amide bonds. The number of carbonyl (C=O) groups excluding carboxylic acids is 1. The van der Waals surface area contributed by atoms with Crippen LogP contribution in [0.3, 0.4) is 0 Å². The zero-order chi connectivity index (χ0) is 21.1. The summed E-state index contributed by atoms with van der Waals surface area (Å²) in [5, 5.41) is 4.21. The Morgan fingerprint density at radius 2 is 2.03 bits per heavy atom. The summed E-state index contributed by atoms with van der Waals surface area (Å²) in [5.41, 5.74) is 3.55. The SMILES string of the molecule is COc1ccc(Br)cc1CNC(=O)c1cc(-c2cccnc2)nc2ccc(Cl)cc12. The zero-order valence-electron chi connectivity index (χ0n) is 16.0. The van der Waals surface area contributed by atoms with E-state index in [0.717, 1.165) is 15.6 Å². The Morgan fingerprint density at radius 3 is 2.80 bits per heavy atom. The molecule has 0 aliphatic heterocycles. The van der Waals surface area contributed by atoms with Crippen molar-refractivity contribution in [2.75, 3.05) is 7.11 Å². The summed E-state index contributed by atoms with van der Waals surface area (Å²) in [6, 6.07) is 16.5. The standard InChI is InChI=1S/C23H17BrClN3O2/c1-30-22-7-4-16(24)9-15(22)13-27-23(29)19-11-21(14-3-2-8-26-12-14)28-20-6-5-17(25)10-18(19)20/h2-12H,13H2,1H3,(H,27,29). The van der Waals surface area contributed by atoms with E-state index in [1.807, 2.05) is 36.4 Å². The topological polar surface area (TPSA) is 64.1 Å². The third-order valence-corrected chi connectivity index (χ3v) is 5.38. The van der Waals surface area contributed by atoms with Crippen LogP contribution in [0.5, 0.6) is 5.75 Å². The van der Waals surface area contributed by atoms with Gasteiger partial charge in [0.1, 0.15) is 5.75 Å². The quantitative estimate of drug-likeness (QED) is 0.399. The summed E-state index contributed by atoms with van der Waals surface area (Å²) in [6.07, 6.45) is 3.42. The smallest absolute Gasteiger partial charge is 0.252 e. The van der Waals surface area contributed by atoms with E-state index in [0.29, 0.717) is 39.5 Å². The van der Waals surface area contributed by atoms with Crippen molar-refractivity contribution in [3.63, 3.8) is 0 Å². The monoisotopic (exact) mass is 481 g/mol. The number of rotatable bonds is 5. The molecule has 0 aliphatic rings. The van der Waals surface area contributed by atoms with E-state index in [1.165, 1.54) is 0 Å². The normalized spacial score (nSPS) is 10.8. The Kier molecular flexibility index (Phi) is 5.97. The van der Waals surface area contributed by atoms with Crippen LogP contribution >= 0.6 is 27.5 Å². The second-order valence-corrected chi connectivity index (χ2v) is 7.95. The molecule has 2 aromatic heterocycles. The second kappa shape index (κ2) is 8.81. The van der Waals surface area contributed by atoms with Gasteiger partial charge in [-0.15, -0.1) is 0 Å². The molecular formula is C23H17BrClN3O2. The van der Waals surface area contributed by atoms with Gasteiger partial charge in [0, 0.05) is 44.9 Å². The number of pyridine rings is 2. The first-order chi connectivity index (χ1) is 14.5. The Bertz CT molecular complexity index is 1230. The number of ether oxygens (including phenoxy) is 1. The number of nitrogens with zero attached hydrogens (tertiary/aromatic N) is 2. The number of hydrogen-bond acceptors (Lipinski definition) is 4. The van der Waals surface area contributed by atoms with Gasteiger partial charge >= 0.3 is 0 Å². The lowest BCUT2D eigenvalue weighted by atomic mass is 10.0. The molecule has 1 N–H and O–H groups in total. The minimum Gasteiger partial charge on any atom is -0.496 e. The van der Waals surface area contributed by atoms with Gasteiger partial charge < -0.3 is 10.1 Å². The number of halogens is 2. The molecule has 2 aromatic carbocycles. The third-order valence-electron chi connectivity index (χ3n) is 4.65. The highest BCUT2D eigenvalue weighted by Gasteiger charge is 2.15. The number of benzene rings is 2. The van der Waals surface area contributed by atoms with Gasteiger partial charge in [0.05, 0.1) is 23.9 Å². The molecule has 0 radical (unpaired) electrons. The number of carbonyl (C=O) groups is 1. The minimum atomic E-state index is -0.225. The van der Waals surface area contributed by atoms with Gasteiger partial charge in [-0.2, -0.15) is 0 Å². The molecule has 0 spiro atoms. The second-order valence-electron chi connectivity index (χ2n) is 6.60. The van der Waals surface area contributed by atoms with Crippen LogP contribution in [0.2, 0.25) is 5.02 Å². The first-order valence-corrected chi connectivity index (χ1v) is 10.3. The van der Waals surface area contributed by atoms with Crippen molar-refractivity contribution in [2.45, 2.75) is 6.54 Å². The van der Waals surface area contributed by atoms with E-state index < -0.39 is 0 Å². The first-order valence-electron chi connectivity index (χ1n) is 9.16. The van der Waals surface area contributed by atoms with E-state index in [9.17, 15) is 4.79 Å². The molecule has 0 aliphatic carbocycles. The first kappa shape index (κ1) is 20.3. The highest BCUT2D eigenvalue weighted by atomic mass is 79.9. The predicted molar refractivity (Wildman–Crippen MR) is 122 cm³/mol. The number of hydrogen-bond donors (Lipinski definition) is 1. The summed E-state index contributed by atoms with van der Waals surface area (Å²) in [4.78, 5) is 22.0. The van der Waals surface area contributed by atoms with E-state index >= 15 is 0 Å². The van der Waals surface area contributed by atoms with E-state index in [4.69, 9.17) is 16.3 Å². The van der Waals surface area contributed by atoms with Crippen LogP contribution in [0.4, 0.5) is 0 Å². The predicted octanol–water partition coefficient (Wildman–Crippen LogP) is 5.65. The minimum absolute atomic E-state index is 0.225. The van der Waals surface area contributed by atoms with Crippen LogP contribution in [-0.4, -0.2) is 23.0 Å². The fourth-order valence-corrected chi connectivity index (χ4v) is 3.78. The van der Waals surface area contributed by atoms with Gasteiger partial charge in [-0.1, -0.05) is 27.5 Å². The molecule has 30 heavy (non-hydrogen) atoms. The molecule has 0 saturated carbocycles. The number of aromatic nitrogens is 2. The van der Waals surface area contributed by atoms with E-state index in [1.54, 1.807) is 37.7 Å². The van der Waals surface area contributed by atoms with Crippen LogP contribution < -0.4 is 10.1 Å². The van der Waals surface area contributed by atoms with Crippen LogP contribution in [0, 0.1) is 0 Å². The van der Waals surface area contributed by atoms with Crippen molar-refractivity contribution < 1.29 is 9.53 Å². The van der Waals surface area contributed by atoms with Crippen LogP contribution in [0.15, 0.2) is 71.5 Å². The fraction of sp³-hybridized carbons (Fsp3) is 0.0870. The molecule has 4 aromatic rings. The Morgan fingerprint density at radius 1 is 1.17 bits per heavy atom. The highest BCUT2D eigenvalue weighted by molar-refractivity contribution is 9.10. The maximum Gasteiger partial charge on any atom is 0.252 e. The van der Waals surface area contributed by atoms with Crippen molar-refractivity contribution in [2.24, 2.45) is 0 Å². The average molecular weight is 483 g/mol. The molecule has 0 saturated heterocycles. The van der Waals surface area contributed by atoms with Gasteiger partial charge in [-0.3, -0.25) is 9.78 Å². The number of amides is 1. The Labute approximate surface area is 187 Å². The van der Waals surface area contributed by atoms with Crippen molar-refractivity contribution in [3.8, 4) is 17.0 Å². The van der Waals surface area contributed by atoms with Crippen molar-refractivity contribution >= 4 is 44.3 Å². The molecule has 0 atom stereocenters. The molecule has 0 fully saturated rings. The summed E-state index contributed by atoms with van der Waals surface area (Å²) >= 11 is 9.65. The Hall–Kier alpha value is -2.96. The van der Waals surface area contributed by atoms with Crippen LogP contribution in [0.25, 0.3) is 22.2 Å².